The Morgan fingerprint density at radius 2 is 2.15 bits per heavy atom. The van der Waals surface area contributed by atoms with Gasteiger partial charge in [0.05, 0.1) is 4.47 Å². The van der Waals surface area contributed by atoms with Crippen molar-refractivity contribution in [1.82, 2.24) is 10.3 Å². The SMILES string of the molecule is Cc1cc(C)c(CNC(=O)c2cc(Br)c3c(c2)[C@@H]2CCC[C@]2(C)O3)c(=O)[nH]1. The van der Waals surface area contributed by atoms with Crippen LogP contribution in [0.5, 0.6) is 5.75 Å². The van der Waals surface area contributed by atoms with E-state index in [1.165, 1.54) is 0 Å². The van der Waals surface area contributed by atoms with Gasteiger partial charge in [-0.15, -0.1) is 0 Å². The molecule has 1 aliphatic carbocycles. The molecule has 6 heteroatoms. The van der Waals surface area contributed by atoms with Gasteiger partial charge in [-0.3, -0.25) is 9.59 Å². The number of carbonyl (C=O) groups excluding carboxylic acids is 1. The third-order valence-corrected chi connectivity index (χ3v) is 6.46. The Morgan fingerprint density at radius 1 is 1.37 bits per heavy atom. The van der Waals surface area contributed by atoms with E-state index < -0.39 is 0 Å². The Kier molecular flexibility index (Phi) is 4.41. The van der Waals surface area contributed by atoms with E-state index >= 15 is 0 Å². The minimum Gasteiger partial charge on any atom is -0.485 e. The number of aromatic nitrogens is 1. The number of amides is 1. The number of nitrogens with one attached hydrogen (secondary N) is 2. The second kappa shape index (κ2) is 6.51. The summed E-state index contributed by atoms with van der Waals surface area (Å²) >= 11 is 3.57. The first-order chi connectivity index (χ1) is 12.8. The zero-order valence-electron chi connectivity index (χ0n) is 15.7. The normalized spacial score (nSPS) is 22.9. The third-order valence-electron chi connectivity index (χ3n) is 5.87. The van der Waals surface area contributed by atoms with Crippen molar-refractivity contribution in [2.75, 3.05) is 0 Å². The summed E-state index contributed by atoms with van der Waals surface area (Å²) in [6, 6.07) is 5.65. The lowest BCUT2D eigenvalue weighted by molar-refractivity contribution is 0.0950. The van der Waals surface area contributed by atoms with Gasteiger partial charge >= 0.3 is 0 Å². The van der Waals surface area contributed by atoms with Gasteiger partial charge in [0.1, 0.15) is 11.4 Å². The molecule has 0 saturated heterocycles. The number of hydrogen-bond donors (Lipinski definition) is 2. The number of aromatic amines is 1. The molecule has 27 heavy (non-hydrogen) atoms. The first kappa shape index (κ1) is 18.3. The monoisotopic (exact) mass is 430 g/mol. The highest BCUT2D eigenvalue weighted by Crippen LogP contribution is 2.55. The van der Waals surface area contributed by atoms with Crippen LogP contribution in [-0.2, 0) is 6.54 Å². The fourth-order valence-corrected chi connectivity index (χ4v) is 5.02. The summed E-state index contributed by atoms with van der Waals surface area (Å²) in [5, 5.41) is 2.88. The van der Waals surface area contributed by atoms with Gasteiger partial charge in [0.15, 0.2) is 0 Å². The second-order valence-corrected chi connectivity index (χ2v) is 8.72. The summed E-state index contributed by atoms with van der Waals surface area (Å²) in [6.45, 7) is 6.08. The molecule has 1 aromatic carbocycles. The van der Waals surface area contributed by atoms with Crippen molar-refractivity contribution in [3.8, 4) is 5.75 Å². The Morgan fingerprint density at radius 3 is 2.89 bits per heavy atom. The third kappa shape index (κ3) is 3.10. The predicted molar refractivity (Wildman–Crippen MR) is 107 cm³/mol. The van der Waals surface area contributed by atoms with E-state index in [0.717, 1.165) is 46.3 Å². The van der Waals surface area contributed by atoms with Gasteiger partial charge in [-0.2, -0.15) is 0 Å². The van der Waals surface area contributed by atoms with Crippen LogP contribution in [0.2, 0.25) is 0 Å². The molecule has 1 aliphatic heterocycles. The smallest absolute Gasteiger partial charge is 0.253 e. The molecule has 142 valence electrons. The van der Waals surface area contributed by atoms with E-state index in [0.29, 0.717) is 17.0 Å². The van der Waals surface area contributed by atoms with Crippen LogP contribution in [0.15, 0.2) is 27.5 Å². The zero-order valence-corrected chi connectivity index (χ0v) is 17.3. The van der Waals surface area contributed by atoms with Gasteiger partial charge in [-0.1, -0.05) is 0 Å². The molecule has 2 N–H and O–H groups in total. The van der Waals surface area contributed by atoms with Crippen LogP contribution in [-0.4, -0.2) is 16.5 Å². The van der Waals surface area contributed by atoms with Gasteiger partial charge in [-0.05, 0) is 79.7 Å². The molecule has 2 aromatic rings. The van der Waals surface area contributed by atoms with Crippen LogP contribution in [0.3, 0.4) is 0 Å². The molecule has 1 amide bonds. The van der Waals surface area contributed by atoms with Gasteiger partial charge in [-0.25, -0.2) is 0 Å². The molecule has 2 heterocycles. The summed E-state index contributed by atoms with van der Waals surface area (Å²) in [4.78, 5) is 27.7. The molecule has 5 nitrogen and oxygen atoms in total. The van der Waals surface area contributed by atoms with Gasteiger partial charge < -0.3 is 15.0 Å². The van der Waals surface area contributed by atoms with E-state index in [2.05, 4.69) is 33.2 Å². The molecule has 0 spiro atoms. The Bertz CT molecular complexity index is 998. The highest BCUT2D eigenvalue weighted by Gasteiger charge is 2.48. The van der Waals surface area contributed by atoms with Crippen molar-refractivity contribution in [2.24, 2.45) is 0 Å². The Hall–Kier alpha value is -2.08. The lowest BCUT2D eigenvalue weighted by Gasteiger charge is -2.23. The number of fused-ring (bicyclic) bond motifs is 3. The molecule has 2 aliphatic rings. The quantitative estimate of drug-likeness (QED) is 0.769. The fourth-order valence-electron chi connectivity index (χ4n) is 4.46. The van der Waals surface area contributed by atoms with Gasteiger partial charge in [0.25, 0.3) is 11.5 Å². The highest BCUT2D eigenvalue weighted by atomic mass is 79.9. The van der Waals surface area contributed by atoms with Crippen molar-refractivity contribution in [2.45, 2.75) is 58.1 Å². The van der Waals surface area contributed by atoms with E-state index in [4.69, 9.17) is 4.74 Å². The van der Waals surface area contributed by atoms with Gasteiger partial charge in [0, 0.05) is 34.8 Å². The Balaban J connectivity index is 1.58. The fraction of sp³-hybridized carbons (Fsp3) is 0.429. The maximum absolute atomic E-state index is 12.7. The minimum absolute atomic E-state index is 0.155. The molecular formula is C21H23BrN2O3. The largest absolute Gasteiger partial charge is 0.485 e. The van der Waals surface area contributed by atoms with Crippen LogP contribution in [0.25, 0.3) is 0 Å². The van der Waals surface area contributed by atoms with Gasteiger partial charge in [0.2, 0.25) is 0 Å². The van der Waals surface area contributed by atoms with Crippen molar-refractivity contribution in [3.63, 3.8) is 0 Å². The van der Waals surface area contributed by atoms with Crippen LogP contribution in [0, 0.1) is 13.8 Å². The van der Waals surface area contributed by atoms with Crippen molar-refractivity contribution in [3.05, 3.63) is 61.0 Å². The van der Waals surface area contributed by atoms with Crippen LogP contribution in [0.4, 0.5) is 0 Å². The standard InChI is InChI=1S/C21H23BrN2O3/c1-11-7-12(2)24-20(26)15(11)10-23-19(25)13-8-14-16-5-4-6-21(16,3)27-18(14)17(22)9-13/h7-9,16H,4-6,10H2,1-3H3,(H,23,25)(H,24,26)/t16-,21-/m0/s1. The molecule has 1 aromatic heterocycles. The van der Waals surface area contributed by atoms with E-state index in [1.54, 1.807) is 6.07 Å². The Labute approximate surface area is 166 Å². The molecule has 0 unspecified atom stereocenters. The molecule has 0 radical (unpaired) electrons. The number of benzene rings is 1. The molecular weight excluding hydrogens is 408 g/mol. The lowest BCUT2D eigenvalue weighted by atomic mass is 9.88. The first-order valence-electron chi connectivity index (χ1n) is 9.28. The number of aryl methyl sites for hydroxylation is 2. The average Bonchev–Trinajstić information content (AvgIpc) is 3.08. The molecule has 1 saturated carbocycles. The average molecular weight is 431 g/mol. The number of rotatable bonds is 3. The maximum Gasteiger partial charge on any atom is 0.253 e. The van der Waals surface area contributed by atoms with E-state index in [1.807, 2.05) is 26.0 Å². The van der Waals surface area contributed by atoms with Crippen LogP contribution >= 0.6 is 15.9 Å². The summed E-state index contributed by atoms with van der Waals surface area (Å²) < 4.78 is 7.04. The number of ether oxygens (including phenoxy) is 1. The summed E-state index contributed by atoms with van der Waals surface area (Å²) in [6.07, 6.45) is 3.26. The summed E-state index contributed by atoms with van der Waals surface area (Å²) in [5.41, 5.74) is 3.66. The minimum atomic E-state index is -0.190. The summed E-state index contributed by atoms with van der Waals surface area (Å²) in [7, 11) is 0. The van der Waals surface area contributed by atoms with E-state index in [-0.39, 0.29) is 23.6 Å². The second-order valence-electron chi connectivity index (χ2n) is 7.86. The van der Waals surface area contributed by atoms with Crippen molar-refractivity contribution < 1.29 is 9.53 Å². The molecule has 4 rings (SSSR count). The number of H-pyrrole nitrogens is 1. The number of hydrogen-bond acceptors (Lipinski definition) is 3. The lowest BCUT2D eigenvalue weighted by Crippen LogP contribution is -2.29. The zero-order chi connectivity index (χ0) is 19.3. The molecule has 0 bridgehead atoms. The van der Waals surface area contributed by atoms with Crippen LogP contribution < -0.4 is 15.6 Å². The van der Waals surface area contributed by atoms with E-state index in [9.17, 15) is 9.59 Å². The highest BCUT2D eigenvalue weighted by molar-refractivity contribution is 9.10. The van der Waals surface area contributed by atoms with Crippen LogP contribution in [0.1, 0.15) is 64.8 Å². The van der Waals surface area contributed by atoms with Crippen molar-refractivity contribution in [1.29, 1.82) is 0 Å². The topological polar surface area (TPSA) is 71.2 Å². The number of pyridine rings is 1. The van der Waals surface area contributed by atoms with Crippen molar-refractivity contribution >= 4 is 21.8 Å². The molecule has 2 atom stereocenters. The predicted octanol–water partition coefficient (Wildman–Crippen LogP) is 4.10. The molecule has 1 fully saturated rings. The number of carbonyl (C=O) groups is 1. The summed E-state index contributed by atoms with van der Waals surface area (Å²) in [5.74, 6) is 1.01. The first-order valence-corrected chi connectivity index (χ1v) is 10.1. The number of halogens is 1. The maximum atomic E-state index is 12.7.